The molecule has 4 heteroatoms. The Balaban J connectivity index is 2.15. The Morgan fingerprint density at radius 3 is 2.75 bits per heavy atom. The van der Waals surface area contributed by atoms with Crippen LogP contribution in [0.1, 0.15) is 10.4 Å². The lowest BCUT2D eigenvalue weighted by molar-refractivity contribution is -0.683. The molecule has 80 valence electrons. The molecule has 16 heavy (non-hydrogen) atoms. The summed E-state index contributed by atoms with van der Waals surface area (Å²) in [4.78, 5) is 15.8. The molecule has 1 heterocycles. The van der Waals surface area contributed by atoms with Crippen molar-refractivity contribution in [3.8, 4) is 0 Å². The van der Waals surface area contributed by atoms with Gasteiger partial charge in [0.15, 0.2) is 12.4 Å². The fraction of sp³-hybridized carbons (Fsp3) is 0.0833. The lowest BCUT2D eigenvalue weighted by Crippen LogP contribution is -2.37. The highest BCUT2D eigenvalue weighted by molar-refractivity contribution is 9.10. The third kappa shape index (κ3) is 2.73. The van der Waals surface area contributed by atoms with Crippen molar-refractivity contribution >= 4 is 21.7 Å². The maximum absolute atomic E-state index is 11.9. The molecule has 0 atom stereocenters. The Kier molecular flexibility index (Phi) is 3.41. The van der Waals surface area contributed by atoms with Gasteiger partial charge in [0.05, 0.1) is 12.4 Å². The van der Waals surface area contributed by atoms with Crippen LogP contribution < -0.4 is 4.57 Å². The van der Waals surface area contributed by atoms with Gasteiger partial charge in [-0.25, -0.2) is 0 Å². The van der Waals surface area contributed by atoms with Crippen LogP contribution in [0, 0.1) is 0 Å². The van der Waals surface area contributed by atoms with Crippen LogP contribution in [-0.4, -0.2) is 10.8 Å². The highest BCUT2D eigenvalue weighted by atomic mass is 79.9. The van der Waals surface area contributed by atoms with Crippen LogP contribution >= 0.6 is 15.9 Å². The third-order valence-electron chi connectivity index (χ3n) is 2.16. The fourth-order valence-electron chi connectivity index (χ4n) is 1.37. The maximum Gasteiger partial charge on any atom is 0.227 e. The quantitative estimate of drug-likeness (QED) is 0.635. The van der Waals surface area contributed by atoms with Crippen molar-refractivity contribution < 1.29 is 9.36 Å². The van der Waals surface area contributed by atoms with E-state index >= 15 is 0 Å². The van der Waals surface area contributed by atoms with Gasteiger partial charge in [0.25, 0.3) is 0 Å². The Morgan fingerprint density at radius 2 is 2.06 bits per heavy atom. The largest absolute Gasteiger partial charge is 0.287 e. The molecule has 0 N–H and O–H groups in total. The predicted octanol–water partition coefficient (Wildman–Crippen LogP) is 2.01. The molecule has 0 aliphatic heterocycles. The van der Waals surface area contributed by atoms with E-state index in [0.717, 1.165) is 4.47 Å². The summed E-state index contributed by atoms with van der Waals surface area (Å²) in [5.41, 5.74) is 0.707. The average Bonchev–Trinajstić information content (AvgIpc) is 2.30. The minimum Gasteiger partial charge on any atom is -0.287 e. The molecule has 2 rings (SSSR count). The van der Waals surface area contributed by atoms with Crippen molar-refractivity contribution in [2.75, 3.05) is 0 Å². The topological polar surface area (TPSA) is 33.8 Å². The number of carbonyl (C=O) groups excluding carboxylic acids is 1. The Hall–Kier alpha value is -1.55. The van der Waals surface area contributed by atoms with Crippen LogP contribution in [0.4, 0.5) is 0 Å². The molecular weight excluding hydrogens is 268 g/mol. The Morgan fingerprint density at radius 1 is 1.31 bits per heavy atom. The standard InChI is InChI=1S/C12H10BrN2O/c13-11-3-1-2-10(8-11)12(16)9-15-6-4-14-5-7-15/h1-8H,9H2/q+1. The molecule has 0 bridgehead atoms. The normalized spacial score (nSPS) is 10.1. The van der Waals surface area contributed by atoms with Crippen LogP contribution in [0.15, 0.2) is 53.5 Å². The van der Waals surface area contributed by atoms with Gasteiger partial charge >= 0.3 is 0 Å². The molecule has 0 spiro atoms. The Bertz CT molecular complexity index is 499. The number of rotatable bonds is 3. The van der Waals surface area contributed by atoms with Crippen LogP contribution in [0.25, 0.3) is 0 Å². The number of halogens is 1. The van der Waals surface area contributed by atoms with Crippen LogP contribution in [0.3, 0.4) is 0 Å². The second-order valence-electron chi connectivity index (χ2n) is 3.35. The highest BCUT2D eigenvalue weighted by Gasteiger charge is 2.11. The van der Waals surface area contributed by atoms with E-state index in [4.69, 9.17) is 0 Å². The third-order valence-corrected chi connectivity index (χ3v) is 2.65. The summed E-state index contributed by atoms with van der Waals surface area (Å²) < 4.78 is 2.72. The number of aromatic nitrogens is 2. The number of ketones is 1. The zero-order valence-electron chi connectivity index (χ0n) is 8.51. The SMILES string of the molecule is O=C(C[n+]1ccncc1)c1cccc(Br)c1. The van der Waals surface area contributed by atoms with Gasteiger partial charge in [0, 0.05) is 10.0 Å². The van der Waals surface area contributed by atoms with E-state index in [1.165, 1.54) is 0 Å². The van der Waals surface area contributed by atoms with Gasteiger partial charge in [-0.05, 0) is 12.1 Å². The van der Waals surface area contributed by atoms with Crippen molar-refractivity contribution in [2.24, 2.45) is 0 Å². The highest BCUT2D eigenvalue weighted by Crippen LogP contribution is 2.11. The summed E-state index contributed by atoms with van der Waals surface area (Å²) in [5, 5.41) is 0. The van der Waals surface area contributed by atoms with Crippen LogP contribution in [0.5, 0.6) is 0 Å². The number of carbonyl (C=O) groups is 1. The van der Waals surface area contributed by atoms with Gasteiger partial charge in [-0.3, -0.25) is 9.78 Å². The van der Waals surface area contributed by atoms with Gasteiger partial charge in [0.1, 0.15) is 0 Å². The minimum atomic E-state index is 0.0810. The van der Waals surface area contributed by atoms with Crippen molar-refractivity contribution in [1.29, 1.82) is 0 Å². The van der Waals surface area contributed by atoms with E-state index in [1.807, 2.05) is 24.3 Å². The number of hydrogen-bond donors (Lipinski definition) is 0. The predicted molar refractivity (Wildman–Crippen MR) is 62.9 cm³/mol. The molecule has 0 saturated heterocycles. The van der Waals surface area contributed by atoms with Crippen LogP contribution in [-0.2, 0) is 6.54 Å². The van der Waals surface area contributed by atoms with Crippen LogP contribution in [0.2, 0.25) is 0 Å². The van der Waals surface area contributed by atoms with E-state index < -0.39 is 0 Å². The first kappa shape index (κ1) is 11.0. The van der Waals surface area contributed by atoms with E-state index in [-0.39, 0.29) is 5.78 Å². The average molecular weight is 278 g/mol. The first-order chi connectivity index (χ1) is 7.75. The smallest absolute Gasteiger partial charge is 0.227 e. The summed E-state index contributed by atoms with van der Waals surface area (Å²) >= 11 is 3.35. The van der Waals surface area contributed by atoms with Gasteiger partial charge in [-0.2, -0.15) is 4.57 Å². The van der Waals surface area contributed by atoms with Gasteiger partial charge < -0.3 is 0 Å². The second kappa shape index (κ2) is 4.99. The summed E-state index contributed by atoms with van der Waals surface area (Å²) in [7, 11) is 0. The van der Waals surface area contributed by atoms with Crippen molar-refractivity contribution in [1.82, 2.24) is 4.98 Å². The Labute approximate surface area is 102 Å². The lowest BCUT2D eigenvalue weighted by Gasteiger charge is -1.98. The first-order valence-electron chi connectivity index (χ1n) is 4.83. The van der Waals surface area contributed by atoms with E-state index in [1.54, 1.807) is 29.4 Å². The molecule has 0 aliphatic carbocycles. The molecule has 0 radical (unpaired) electrons. The molecule has 2 aromatic rings. The molecule has 0 aliphatic rings. The van der Waals surface area contributed by atoms with Crippen molar-refractivity contribution in [3.05, 3.63) is 59.1 Å². The lowest BCUT2D eigenvalue weighted by atomic mass is 10.1. The molecule has 1 aromatic carbocycles. The van der Waals surface area contributed by atoms with Gasteiger partial charge in [0.2, 0.25) is 12.3 Å². The second-order valence-corrected chi connectivity index (χ2v) is 4.27. The summed E-state index contributed by atoms with van der Waals surface area (Å²) in [6.45, 7) is 0.332. The fourth-order valence-corrected chi connectivity index (χ4v) is 1.77. The van der Waals surface area contributed by atoms with E-state index in [0.29, 0.717) is 12.1 Å². The minimum absolute atomic E-state index is 0.0810. The summed E-state index contributed by atoms with van der Waals surface area (Å²) in [5.74, 6) is 0.0810. The molecule has 0 amide bonds. The van der Waals surface area contributed by atoms with Crippen molar-refractivity contribution in [3.63, 3.8) is 0 Å². The zero-order valence-corrected chi connectivity index (χ0v) is 10.1. The summed E-state index contributed by atoms with van der Waals surface area (Å²) in [6, 6.07) is 7.39. The first-order valence-corrected chi connectivity index (χ1v) is 5.63. The number of Topliss-reactive ketones (excluding diaryl/α,β-unsaturated/α-hetero) is 1. The monoisotopic (exact) mass is 277 g/mol. The van der Waals surface area contributed by atoms with Gasteiger partial charge in [-0.1, -0.05) is 28.1 Å². The number of benzene rings is 1. The van der Waals surface area contributed by atoms with E-state index in [2.05, 4.69) is 20.9 Å². The summed E-state index contributed by atoms with van der Waals surface area (Å²) in [6.07, 6.45) is 6.87. The molecule has 0 unspecified atom stereocenters. The molecule has 0 fully saturated rings. The molecule has 3 nitrogen and oxygen atoms in total. The maximum atomic E-state index is 11.9. The number of nitrogens with zero attached hydrogens (tertiary/aromatic N) is 2. The molecule has 1 aromatic heterocycles. The number of hydrogen-bond acceptors (Lipinski definition) is 2. The van der Waals surface area contributed by atoms with Gasteiger partial charge in [-0.15, -0.1) is 0 Å². The zero-order chi connectivity index (χ0) is 11.4. The van der Waals surface area contributed by atoms with Crippen molar-refractivity contribution in [2.45, 2.75) is 6.54 Å². The molecule has 0 saturated carbocycles. The van der Waals surface area contributed by atoms with E-state index in [9.17, 15) is 4.79 Å². The molecular formula is C12H10BrN2O+.